The Hall–Kier alpha value is -3.67. The molecule has 0 saturated heterocycles. The molecule has 6 heteroatoms. The monoisotopic (exact) mass is 931 g/mol. The molecule has 0 bridgehead atoms. The van der Waals surface area contributed by atoms with Gasteiger partial charge in [0.2, 0.25) is 0 Å². The highest BCUT2D eigenvalue weighted by molar-refractivity contribution is 5.71. The smallest absolute Gasteiger partial charge is 0.306 e. The van der Waals surface area contributed by atoms with Crippen molar-refractivity contribution < 1.29 is 28.6 Å². The maximum Gasteiger partial charge on any atom is 0.306 e. The lowest BCUT2D eigenvalue weighted by Gasteiger charge is -2.18. The summed E-state index contributed by atoms with van der Waals surface area (Å²) in [5.74, 6) is -0.996. The zero-order chi connectivity index (χ0) is 48.6. The molecule has 1 atom stereocenters. The van der Waals surface area contributed by atoms with E-state index in [9.17, 15) is 14.4 Å². The second kappa shape index (κ2) is 54.9. The zero-order valence-corrected chi connectivity index (χ0v) is 43.6. The molecule has 0 spiro atoms. The minimum atomic E-state index is -0.818. The fraction of sp³-hybridized carbons (Fsp3) is 0.689. The van der Waals surface area contributed by atoms with E-state index >= 15 is 0 Å². The van der Waals surface area contributed by atoms with Crippen molar-refractivity contribution in [3.8, 4) is 0 Å². The van der Waals surface area contributed by atoms with E-state index in [0.29, 0.717) is 19.3 Å². The number of esters is 3. The molecule has 0 saturated carbocycles. The van der Waals surface area contributed by atoms with Crippen molar-refractivity contribution in [2.75, 3.05) is 13.2 Å². The molecule has 382 valence electrons. The third kappa shape index (κ3) is 53.2. The van der Waals surface area contributed by atoms with Gasteiger partial charge in [-0.2, -0.15) is 0 Å². The number of carbonyl (C=O) groups excluding carboxylic acids is 3. The van der Waals surface area contributed by atoms with Gasteiger partial charge in [-0.1, -0.05) is 240 Å². The van der Waals surface area contributed by atoms with Crippen LogP contribution in [0.25, 0.3) is 0 Å². The molecule has 0 rings (SSSR count). The first kappa shape index (κ1) is 63.3. The molecule has 67 heavy (non-hydrogen) atoms. The van der Waals surface area contributed by atoms with Crippen LogP contribution in [0.3, 0.4) is 0 Å². The molecule has 0 aliphatic heterocycles. The third-order valence-electron chi connectivity index (χ3n) is 11.6. The van der Waals surface area contributed by atoms with E-state index in [4.69, 9.17) is 14.2 Å². The summed E-state index contributed by atoms with van der Waals surface area (Å²) < 4.78 is 16.8. The van der Waals surface area contributed by atoms with Gasteiger partial charge in [-0.3, -0.25) is 14.4 Å². The number of unbranched alkanes of at least 4 members (excludes halogenated alkanes) is 22. The fourth-order valence-electron chi connectivity index (χ4n) is 7.44. The van der Waals surface area contributed by atoms with Crippen molar-refractivity contribution in [1.82, 2.24) is 0 Å². The van der Waals surface area contributed by atoms with Crippen molar-refractivity contribution in [3.05, 3.63) is 97.2 Å². The highest BCUT2D eigenvalue weighted by Crippen LogP contribution is 2.14. The minimum Gasteiger partial charge on any atom is -0.462 e. The molecule has 0 unspecified atom stereocenters. The average Bonchev–Trinajstić information content (AvgIpc) is 3.33. The Kier molecular flexibility index (Phi) is 51.9. The molecule has 0 fully saturated rings. The van der Waals surface area contributed by atoms with Crippen molar-refractivity contribution in [2.45, 2.75) is 258 Å². The highest BCUT2D eigenvalue weighted by atomic mass is 16.6. The van der Waals surface area contributed by atoms with Crippen LogP contribution < -0.4 is 0 Å². The van der Waals surface area contributed by atoms with E-state index < -0.39 is 12.1 Å². The van der Waals surface area contributed by atoms with Gasteiger partial charge in [0, 0.05) is 19.3 Å². The summed E-state index contributed by atoms with van der Waals surface area (Å²) in [6.45, 7) is 6.43. The summed E-state index contributed by atoms with van der Waals surface area (Å²) >= 11 is 0. The van der Waals surface area contributed by atoms with Crippen LogP contribution in [-0.2, 0) is 28.6 Å². The van der Waals surface area contributed by atoms with Gasteiger partial charge in [-0.15, -0.1) is 0 Å². The SMILES string of the molecule is CC/C=C\C/C=C\C/C=C\C/C=C\C/C=C\C/C=C\CCC(=O)O[C@H](COC(=O)CCCCCCCCCCC/C=C\C/C=C\CCCCC)COC(=O)CCCCCCCCCCCCC. The van der Waals surface area contributed by atoms with E-state index in [0.717, 1.165) is 83.5 Å². The van der Waals surface area contributed by atoms with Crippen LogP contribution in [0.4, 0.5) is 0 Å². The molecule has 0 radical (unpaired) electrons. The quantitative estimate of drug-likeness (QED) is 0.0262. The summed E-state index contributed by atoms with van der Waals surface area (Å²) in [7, 11) is 0. The molecule has 0 amide bonds. The topological polar surface area (TPSA) is 78.9 Å². The van der Waals surface area contributed by atoms with E-state index in [1.807, 2.05) is 6.08 Å². The Morgan fingerprint density at radius 2 is 0.612 bits per heavy atom. The zero-order valence-electron chi connectivity index (χ0n) is 43.6. The van der Waals surface area contributed by atoms with Gasteiger partial charge in [0.1, 0.15) is 13.2 Å². The van der Waals surface area contributed by atoms with E-state index in [2.05, 4.69) is 112 Å². The molecule has 0 heterocycles. The van der Waals surface area contributed by atoms with Gasteiger partial charge in [0.25, 0.3) is 0 Å². The summed E-state index contributed by atoms with van der Waals surface area (Å²) in [6, 6.07) is 0. The number of allylic oxidation sites excluding steroid dienone is 16. The molecule has 0 aliphatic rings. The molecule has 0 aromatic rings. The lowest BCUT2D eigenvalue weighted by Crippen LogP contribution is -2.30. The maximum atomic E-state index is 12.8. The van der Waals surface area contributed by atoms with Gasteiger partial charge in [0.05, 0.1) is 0 Å². The van der Waals surface area contributed by atoms with Gasteiger partial charge < -0.3 is 14.2 Å². The molecule has 0 N–H and O–H groups in total. The number of hydrogen-bond acceptors (Lipinski definition) is 6. The van der Waals surface area contributed by atoms with Crippen LogP contribution in [0.5, 0.6) is 0 Å². The maximum absolute atomic E-state index is 12.8. The highest BCUT2D eigenvalue weighted by Gasteiger charge is 2.19. The minimum absolute atomic E-state index is 0.108. The van der Waals surface area contributed by atoms with E-state index in [1.54, 1.807) is 0 Å². The number of hydrogen-bond donors (Lipinski definition) is 0. The summed E-state index contributed by atoms with van der Waals surface area (Å²) in [5.41, 5.74) is 0. The van der Waals surface area contributed by atoms with Gasteiger partial charge in [0.15, 0.2) is 6.10 Å². The normalized spacial score (nSPS) is 12.8. The Bertz CT molecular complexity index is 1350. The second-order valence-electron chi connectivity index (χ2n) is 18.1. The van der Waals surface area contributed by atoms with Gasteiger partial charge in [-0.25, -0.2) is 0 Å². The molecule has 6 nitrogen and oxygen atoms in total. The van der Waals surface area contributed by atoms with Crippen molar-refractivity contribution in [1.29, 1.82) is 0 Å². The average molecular weight is 931 g/mol. The first-order valence-electron chi connectivity index (χ1n) is 27.7. The molecular weight excluding hydrogens is 829 g/mol. The summed E-state index contributed by atoms with van der Waals surface area (Å²) in [5, 5.41) is 0. The van der Waals surface area contributed by atoms with Crippen LogP contribution in [0, 0.1) is 0 Å². The third-order valence-corrected chi connectivity index (χ3v) is 11.6. The Morgan fingerprint density at radius 3 is 1.00 bits per heavy atom. The number of carbonyl (C=O) groups is 3. The van der Waals surface area contributed by atoms with Gasteiger partial charge >= 0.3 is 17.9 Å². The predicted molar refractivity (Wildman–Crippen MR) is 288 cm³/mol. The van der Waals surface area contributed by atoms with Crippen LogP contribution in [0.15, 0.2) is 97.2 Å². The first-order valence-corrected chi connectivity index (χ1v) is 27.7. The Balaban J connectivity index is 4.47. The molecule has 0 aromatic carbocycles. The lowest BCUT2D eigenvalue weighted by molar-refractivity contribution is -0.166. The second-order valence-corrected chi connectivity index (χ2v) is 18.1. The molecule has 0 aliphatic carbocycles. The number of ether oxygens (including phenoxy) is 3. The van der Waals surface area contributed by atoms with E-state index in [1.165, 1.54) is 122 Å². The van der Waals surface area contributed by atoms with Crippen molar-refractivity contribution >= 4 is 17.9 Å². The van der Waals surface area contributed by atoms with Crippen LogP contribution in [-0.4, -0.2) is 37.2 Å². The summed E-state index contributed by atoms with van der Waals surface area (Å²) in [4.78, 5) is 38.0. The Labute approximate surface area is 413 Å². The Morgan fingerprint density at radius 1 is 0.313 bits per heavy atom. The summed E-state index contributed by atoms with van der Waals surface area (Å²) in [6.07, 6.45) is 72.6. The standard InChI is InChI=1S/C61H102O6/c1-4-7-10-13-16-19-22-24-26-28-30-32-34-36-39-42-45-48-51-54-60(63)66-57-58(56-65-59(62)53-50-47-44-41-38-21-18-15-12-9-6-3)67-61(64)55-52-49-46-43-40-37-35-33-31-29-27-25-23-20-17-14-11-8-5-2/h8,11,16-17,19-20,24-27,31,33,37,40,46,49,58H,4-7,9-10,12-15,18,21-23,28-30,32,34-36,38-39,41-45,47-48,50-57H2,1-3H3/b11-8-,19-16-,20-17-,26-24-,27-25-,33-31-,40-37-,49-46-/t58-/m0/s1. The largest absolute Gasteiger partial charge is 0.462 e. The van der Waals surface area contributed by atoms with Crippen LogP contribution in [0.2, 0.25) is 0 Å². The molecular formula is C61H102O6. The molecule has 0 aromatic heterocycles. The first-order chi connectivity index (χ1) is 33.0. The van der Waals surface area contributed by atoms with Crippen LogP contribution >= 0.6 is 0 Å². The van der Waals surface area contributed by atoms with Crippen molar-refractivity contribution in [2.24, 2.45) is 0 Å². The fourth-order valence-corrected chi connectivity index (χ4v) is 7.44. The predicted octanol–water partition coefficient (Wildman–Crippen LogP) is 18.5. The lowest BCUT2D eigenvalue weighted by atomic mass is 10.1. The van der Waals surface area contributed by atoms with Crippen LogP contribution in [0.1, 0.15) is 252 Å². The van der Waals surface area contributed by atoms with Gasteiger partial charge in [-0.05, 0) is 89.9 Å². The van der Waals surface area contributed by atoms with E-state index in [-0.39, 0.29) is 31.6 Å². The van der Waals surface area contributed by atoms with Crippen molar-refractivity contribution in [3.63, 3.8) is 0 Å². The number of rotatable bonds is 49.